The second-order valence-corrected chi connectivity index (χ2v) is 6.34. The molecule has 1 N–H and O–H groups in total. The van der Waals surface area contributed by atoms with Crippen molar-refractivity contribution in [2.45, 2.75) is 39.3 Å². The maximum atomic E-state index is 4.84. The van der Waals surface area contributed by atoms with Gasteiger partial charge in [0, 0.05) is 24.8 Å². The van der Waals surface area contributed by atoms with E-state index in [1.54, 1.807) is 0 Å². The summed E-state index contributed by atoms with van der Waals surface area (Å²) in [7, 11) is 2.05. The normalized spacial score (nSPS) is 12.9. The SMILES string of the molecule is CCCn1c(CC(CSCC)NC)nc2ccccc21. The molecule has 1 heterocycles. The molecule has 0 aliphatic carbocycles. The minimum atomic E-state index is 0.493. The van der Waals surface area contributed by atoms with Gasteiger partial charge in [-0.05, 0) is 31.4 Å². The fourth-order valence-corrected chi connectivity index (χ4v) is 3.28. The summed E-state index contributed by atoms with van der Waals surface area (Å²) in [6.45, 7) is 5.48. The standard InChI is InChI=1S/C16H25N3S/c1-4-10-19-15-9-7-6-8-14(15)18-16(19)11-13(17-3)12-20-5-2/h6-9,13,17H,4-5,10-12H2,1-3H3. The molecule has 0 saturated heterocycles. The zero-order valence-electron chi connectivity index (χ0n) is 12.7. The third-order valence-electron chi connectivity index (χ3n) is 3.54. The first-order chi connectivity index (χ1) is 9.80. The number of thioether (sulfide) groups is 1. The third-order valence-corrected chi connectivity index (χ3v) is 4.59. The predicted octanol–water partition coefficient (Wildman–Crippen LogP) is 3.33. The van der Waals surface area contributed by atoms with Gasteiger partial charge in [0.05, 0.1) is 11.0 Å². The lowest BCUT2D eigenvalue weighted by atomic mass is 10.2. The van der Waals surface area contributed by atoms with Crippen LogP contribution >= 0.6 is 11.8 Å². The number of fused-ring (bicyclic) bond motifs is 1. The Balaban J connectivity index is 2.25. The molecule has 1 atom stereocenters. The molecule has 0 spiro atoms. The summed E-state index contributed by atoms with van der Waals surface area (Å²) >= 11 is 1.99. The van der Waals surface area contributed by atoms with Crippen LogP contribution < -0.4 is 5.32 Å². The van der Waals surface area contributed by atoms with Gasteiger partial charge < -0.3 is 9.88 Å². The topological polar surface area (TPSA) is 29.9 Å². The molecule has 1 aromatic carbocycles. The molecule has 20 heavy (non-hydrogen) atoms. The summed E-state index contributed by atoms with van der Waals surface area (Å²) in [5.74, 6) is 3.52. The first kappa shape index (κ1) is 15.4. The number of aryl methyl sites for hydroxylation is 1. The van der Waals surface area contributed by atoms with Crippen molar-refractivity contribution < 1.29 is 0 Å². The molecule has 0 aliphatic heterocycles. The fourth-order valence-electron chi connectivity index (χ4n) is 2.48. The van der Waals surface area contributed by atoms with Crippen LogP contribution in [0.25, 0.3) is 11.0 Å². The average Bonchev–Trinajstić information content (AvgIpc) is 2.82. The number of nitrogens with one attached hydrogen (secondary N) is 1. The van der Waals surface area contributed by atoms with Crippen molar-refractivity contribution in [2.75, 3.05) is 18.6 Å². The molecular formula is C16H25N3S. The highest BCUT2D eigenvalue weighted by Crippen LogP contribution is 2.18. The molecule has 3 nitrogen and oxygen atoms in total. The van der Waals surface area contributed by atoms with Gasteiger partial charge in [0.25, 0.3) is 0 Å². The molecule has 0 amide bonds. The molecular weight excluding hydrogens is 266 g/mol. The minimum absolute atomic E-state index is 0.493. The number of likely N-dealkylation sites (N-methyl/N-ethyl adjacent to an activating group) is 1. The Kier molecular flexibility index (Phi) is 5.92. The molecule has 1 unspecified atom stereocenters. The molecule has 0 aliphatic rings. The Morgan fingerprint density at radius 3 is 2.80 bits per heavy atom. The number of imidazole rings is 1. The molecule has 1 aromatic heterocycles. The Morgan fingerprint density at radius 1 is 1.30 bits per heavy atom. The number of benzene rings is 1. The Bertz CT molecular complexity index is 536. The third kappa shape index (κ3) is 3.55. The highest BCUT2D eigenvalue weighted by molar-refractivity contribution is 7.99. The average molecular weight is 291 g/mol. The minimum Gasteiger partial charge on any atom is -0.328 e. The maximum Gasteiger partial charge on any atom is 0.111 e. The van der Waals surface area contributed by atoms with Crippen molar-refractivity contribution in [3.63, 3.8) is 0 Å². The number of rotatable bonds is 8. The zero-order valence-corrected chi connectivity index (χ0v) is 13.5. The summed E-state index contributed by atoms with van der Waals surface area (Å²) in [6.07, 6.45) is 2.14. The predicted molar refractivity (Wildman–Crippen MR) is 89.6 cm³/mol. The molecule has 0 radical (unpaired) electrons. The van der Waals surface area contributed by atoms with Gasteiger partial charge in [-0.15, -0.1) is 0 Å². The van der Waals surface area contributed by atoms with E-state index in [1.807, 2.05) is 18.8 Å². The van der Waals surface area contributed by atoms with Gasteiger partial charge in [-0.2, -0.15) is 11.8 Å². The second kappa shape index (κ2) is 7.70. The lowest BCUT2D eigenvalue weighted by Crippen LogP contribution is -2.31. The first-order valence-electron chi connectivity index (χ1n) is 7.49. The number of aromatic nitrogens is 2. The summed E-state index contributed by atoms with van der Waals surface area (Å²) in [6, 6.07) is 8.95. The van der Waals surface area contributed by atoms with E-state index in [2.05, 4.69) is 48.0 Å². The first-order valence-corrected chi connectivity index (χ1v) is 8.64. The second-order valence-electron chi connectivity index (χ2n) is 5.02. The van der Waals surface area contributed by atoms with Crippen LogP contribution in [0.15, 0.2) is 24.3 Å². The summed E-state index contributed by atoms with van der Waals surface area (Å²) in [5.41, 5.74) is 2.39. The number of hydrogen-bond donors (Lipinski definition) is 1. The fraction of sp³-hybridized carbons (Fsp3) is 0.562. The van der Waals surface area contributed by atoms with Crippen LogP contribution in [-0.2, 0) is 13.0 Å². The molecule has 2 aromatic rings. The van der Waals surface area contributed by atoms with E-state index in [9.17, 15) is 0 Å². The van der Waals surface area contributed by atoms with Gasteiger partial charge >= 0.3 is 0 Å². The molecule has 110 valence electrons. The lowest BCUT2D eigenvalue weighted by Gasteiger charge is -2.16. The molecule has 0 bridgehead atoms. The monoisotopic (exact) mass is 291 g/mol. The van der Waals surface area contributed by atoms with Gasteiger partial charge in [0.1, 0.15) is 5.82 Å². The summed E-state index contributed by atoms with van der Waals surface area (Å²) in [4.78, 5) is 4.84. The van der Waals surface area contributed by atoms with Crippen molar-refractivity contribution >= 4 is 22.8 Å². The van der Waals surface area contributed by atoms with Gasteiger partial charge in [-0.1, -0.05) is 26.0 Å². The van der Waals surface area contributed by atoms with E-state index in [-0.39, 0.29) is 0 Å². The van der Waals surface area contributed by atoms with E-state index < -0.39 is 0 Å². The molecule has 2 rings (SSSR count). The summed E-state index contributed by atoms with van der Waals surface area (Å²) < 4.78 is 2.39. The van der Waals surface area contributed by atoms with Crippen molar-refractivity contribution in [1.29, 1.82) is 0 Å². The maximum absolute atomic E-state index is 4.84. The molecule has 0 saturated carbocycles. The van der Waals surface area contributed by atoms with E-state index in [4.69, 9.17) is 4.98 Å². The van der Waals surface area contributed by atoms with Crippen molar-refractivity contribution in [1.82, 2.24) is 14.9 Å². The van der Waals surface area contributed by atoms with Gasteiger partial charge in [0.15, 0.2) is 0 Å². The van der Waals surface area contributed by atoms with Gasteiger partial charge in [-0.25, -0.2) is 4.98 Å². The van der Waals surface area contributed by atoms with Crippen molar-refractivity contribution in [3.05, 3.63) is 30.1 Å². The summed E-state index contributed by atoms with van der Waals surface area (Å²) in [5, 5.41) is 3.42. The zero-order chi connectivity index (χ0) is 14.4. The van der Waals surface area contributed by atoms with Gasteiger partial charge in [0.2, 0.25) is 0 Å². The van der Waals surface area contributed by atoms with Crippen LogP contribution in [0.5, 0.6) is 0 Å². The van der Waals surface area contributed by atoms with Crippen LogP contribution in [-0.4, -0.2) is 34.1 Å². The van der Waals surface area contributed by atoms with Crippen LogP contribution in [0.2, 0.25) is 0 Å². The molecule has 4 heteroatoms. The van der Waals surface area contributed by atoms with Gasteiger partial charge in [-0.3, -0.25) is 0 Å². The van der Waals surface area contributed by atoms with Crippen LogP contribution in [0, 0.1) is 0 Å². The number of nitrogens with zero attached hydrogens (tertiary/aromatic N) is 2. The Hall–Kier alpha value is -1.00. The lowest BCUT2D eigenvalue weighted by molar-refractivity contribution is 0.566. The van der Waals surface area contributed by atoms with E-state index in [0.29, 0.717) is 6.04 Å². The largest absolute Gasteiger partial charge is 0.328 e. The van der Waals surface area contributed by atoms with Crippen molar-refractivity contribution in [2.24, 2.45) is 0 Å². The molecule has 0 fully saturated rings. The van der Waals surface area contributed by atoms with Crippen LogP contribution in [0.3, 0.4) is 0 Å². The smallest absolute Gasteiger partial charge is 0.111 e. The Morgan fingerprint density at radius 2 is 2.10 bits per heavy atom. The van der Waals surface area contributed by atoms with Crippen LogP contribution in [0.1, 0.15) is 26.1 Å². The van der Waals surface area contributed by atoms with Crippen molar-refractivity contribution in [3.8, 4) is 0 Å². The van der Waals surface area contributed by atoms with Crippen LogP contribution in [0.4, 0.5) is 0 Å². The van der Waals surface area contributed by atoms with E-state index in [1.165, 1.54) is 17.1 Å². The van der Waals surface area contributed by atoms with E-state index in [0.717, 1.165) is 30.7 Å². The highest BCUT2D eigenvalue weighted by Gasteiger charge is 2.14. The number of para-hydroxylation sites is 2. The highest BCUT2D eigenvalue weighted by atomic mass is 32.2. The quantitative estimate of drug-likeness (QED) is 0.809. The Labute approximate surface area is 126 Å². The van der Waals surface area contributed by atoms with E-state index >= 15 is 0 Å². The number of hydrogen-bond acceptors (Lipinski definition) is 3.